The van der Waals surface area contributed by atoms with Crippen molar-refractivity contribution in [2.24, 2.45) is 0 Å². The minimum Gasteiger partial charge on any atom is -0.477 e. The van der Waals surface area contributed by atoms with E-state index in [0.29, 0.717) is 22.9 Å². The molecule has 1 unspecified atom stereocenters. The number of benzene rings is 1. The summed E-state index contributed by atoms with van der Waals surface area (Å²) in [6.45, 7) is 3.95. The van der Waals surface area contributed by atoms with Crippen molar-refractivity contribution in [3.05, 3.63) is 41.3 Å². The Morgan fingerprint density at radius 2 is 2.12 bits per heavy atom. The van der Waals surface area contributed by atoms with Gasteiger partial charge in [0, 0.05) is 18.4 Å². The van der Waals surface area contributed by atoms with Gasteiger partial charge in [-0.05, 0) is 26.0 Å². The predicted octanol–water partition coefficient (Wildman–Crippen LogP) is 2.06. The highest BCUT2D eigenvalue weighted by Crippen LogP contribution is 2.33. The minimum atomic E-state index is -0.716. The molecule has 3 rings (SSSR count). The van der Waals surface area contributed by atoms with Crippen LogP contribution in [0, 0.1) is 13.8 Å². The van der Waals surface area contributed by atoms with Crippen LogP contribution in [0.5, 0.6) is 5.75 Å². The van der Waals surface area contributed by atoms with Crippen molar-refractivity contribution in [3.8, 4) is 5.75 Å². The van der Waals surface area contributed by atoms with Crippen molar-refractivity contribution in [1.29, 1.82) is 0 Å². The maximum absolute atomic E-state index is 12.8. The van der Waals surface area contributed by atoms with Gasteiger partial charge in [0.05, 0.1) is 23.7 Å². The number of carbonyl (C=O) groups excluding carboxylic acids is 2. The Balaban J connectivity index is 1.70. The number of thioether (sulfide) groups is 1. The zero-order chi connectivity index (χ0) is 18.7. The lowest BCUT2D eigenvalue weighted by Crippen LogP contribution is -2.50. The van der Waals surface area contributed by atoms with Crippen LogP contribution in [0.2, 0.25) is 0 Å². The first-order chi connectivity index (χ1) is 12.5. The number of amides is 2. The molecule has 0 fully saturated rings. The number of likely N-dealkylation sites (N-methyl/N-ethyl adjacent to an activating group) is 1. The zero-order valence-corrected chi connectivity index (χ0v) is 15.8. The van der Waals surface area contributed by atoms with E-state index in [1.165, 1.54) is 11.8 Å². The van der Waals surface area contributed by atoms with E-state index in [4.69, 9.17) is 9.26 Å². The zero-order valence-electron chi connectivity index (χ0n) is 14.9. The lowest BCUT2D eigenvalue weighted by molar-refractivity contribution is -0.127. The molecule has 1 atom stereocenters. The van der Waals surface area contributed by atoms with E-state index in [-0.39, 0.29) is 18.4 Å². The van der Waals surface area contributed by atoms with Crippen molar-refractivity contribution >= 4 is 29.3 Å². The molecule has 1 aromatic heterocycles. The van der Waals surface area contributed by atoms with Crippen LogP contribution in [-0.2, 0) is 15.3 Å². The average Bonchev–Trinajstić information content (AvgIpc) is 2.98. The number of nitrogens with zero attached hydrogens (tertiary/aromatic N) is 2. The number of carbonyl (C=O) groups is 2. The molecule has 0 aliphatic carbocycles. The van der Waals surface area contributed by atoms with Gasteiger partial charge in [-0.2, -0.15) is 0 Å². The van der Waals surface area contributed by atoms with Crippen LogP contribution in [0.3, 0.4) is 0 Å². The average molecular weight is 375 g/mol. The maximum atomic E-state index is 12.8. The summed E-state index contributed by atoms with van der Waals surface area (Å²) in [4.78, 5) is 26.4. The van der Waals surface area contributed by atoms with Crippen LogP contribution >= 0.6 is 11.8 Å². The van der Waals surface area contributed by atoms with Gasteiger partial charge < -0.3 is 19.5 Å². The van der Waals surface area contributed by atoms with Gasteiger partial charge in [-0.25, -0.2) is 0 Å². The molecule has 26 heavy (non-hydrogen) atoms. The van der Waals surface area contributed by atoms with Gasteiger partial charge in [0.25, 0.3) is 5.91 Å². The third-order valence-electron chi connectivity index (χ3n) is 4.27. The topological polar surface area (TPSA) is 84.7 Å². The summed E-state index contributed by atoms with van der Waals surface area (Å²) in [6, 6.07) is 7.26. The van der Waals surface area contributed by atoms with Crippen LogP contribution in [0.25, 0.3) is 0 Å². The second kappa shape index (κ2) is 7.82. The Kier molecular flexibility index (Phi) is 5.51. The lowest BCUT2D eigenvalue weighted by atomic mass is 10.2. The minimum absolute atomic E-state index is 0.0635. The second-order valence-electron chi connectivity index (χ2n) is 5.99. The van der Waals surface area contributed by atoms with E-state index < -0.39 is 6.10 Å². The van der Waals surface area contributed by atoms with Crippen molar-refractivity contribution in [2.45, 2.75) is 25.7 Å². The molecule has 138 valence electrons. The van der Waals surface area contributed by atoms with Crippen LogP contribution in [0.15, 0.2) is 28.8 Å². The van der Waals surface area contributed by atoms with Gasteiger partial charge in [-0.15, -0.1) is 11.8 Å². The van der Waals surface area contributed by atoms with E-state index in [9.17, 15) is 9.59 Å². The molecular weight excluding hydrogens is 354 g/mol. The molecule has 1 aliphatic rings. The molecule has 1 aliphatic heterocycles. The summed E-state index contributed by atoms with van der Waals surface area (Å²) in [6.07, 6.45) is -0.716. The summed E-state index contributed by atoms with van der Waals surface area (Å²) >= 11 is 1.50. The molecule has 0 spiro atoms. The van der Waals surface area contributed by atoms with Gasteiger partial charge in [-0.1, -0.05) is 17.3 Å². The van der Waals surface area contributed by atoms with Gasteiger partial charge in [0.2, 0.25) is 5.91 Å². The first-order valence-corrected chi connectivity index (χ1v) is 9.44. The molecule has 7 nitrogen and oxygen atoms in total. The molecule has 0 saturated carbocycles. The standard InChI is InChI=1S/C18H21N3O4S/c1-11-13(12(2)25-20-11)9-26-10-17(22)21-8-16(18(23)19-3)24-15-7-5-4-6-14(15)21/h4-7,16H,8-10H2,1-3H3,(H,19,23). The quantitative estimate of drug-likeness (QED) is 0.861. The SMILES string of the molecule is CNC(=O)C1CN(C(=O)CSCc2c(C)noc2C)c2ccccc2O1. The summed E-state index contributed by atoms with van der Waals surface area (Å²) in [5, 5.41) is 6.50. The summed E-state index contributed by atoms with van der Waals surface area (Å²) < 4.78 is 10.9. The fourth-order valence-corrected chi connectivity index (χ4v) is 3.84. The molecule has 2 aromatic rings. The van der Waals surface area contributed by atoms with Crippen LogP contribution in [0.1, 0.15) is 17.0 Å². The maximum Gasteiger partial charge on any atom is 0.262 e. The van der Waals surface area contributed by atoms with E-state index >= 15 is 0 Å². The first kappa shape index (κ1) is 18.3. The molecule has 0 bridgehead atoms. The molecule has 0 saturated heterocycles. The fraction of sp³-hybridized carbons (Fsp3) is 0.389. The molecule has 2 heterocycles. The van der Waals surface area contributed by atoms with Gasteiger partial charge in [-0.3, -0.25) is 9.59 Å². The number of nitrogens with one attached hydrogen (secondary N) is 1. The van der Waals surface area contributed by atoms with E-state index in [1.54, 1.807) is 18.0 Å². The Bertz CT molecular complexity index is 801. The number of para-hydroxylation sites is 2. The Labute approximate surface area is 156 Å². The molecular formula is C18H21N3O4S. The Hall–Kier alpha value is -2.48. The predicted molar refractivity (Wildman–Crippen MR) is 99.4 cm³/mol. The number of anilines is 1. The van der Waals surface area contributed by atoms with Crippen molar-refractivity contribution in [3.63, 3.8) is 0 Å². The van der Waals surface area contributed by atoms with E-state index in [0.717, 1.165) is 17.0 Å². The van der Waals surface area contributed by atoms with Gasteiger partial charge in [0.1, 0.15) is 11.5 Å². The number of fused-ring (bicyclic) bond motifs is 1. The number of ether oxygens (including phenoxy) is 1. The van der Waals surface area contributed by atoms with Crippen molar-refractivity contribution < 1.29 is 18.8 Å². The molecule has 1 N–H and O–H groups in total. The van der Waals surface area contributed by atoms with E-state index in [2.05, 4.69) is 10.5 Å². The third kappa shape index (κ3) is 3.70. The van der Waals surface area contributed by atoms with E-state index in [1.807, 2.05) is 32.0 Å². The Morgan fingerprint density at radius 3 is 2.81 bits per heavy atom. The smallest absolute Gasteiger partial charge is 0.262 e. The van der Waals surface area contributed by atoms with Crippen LogP contribution in [-0.4, -0.2) is 42.4 Å². The van der Waals surface area contributed by atoms with Crippen LogP contribution in [0.4, 0.5) is 5.69 Å². The number of hydrogen-bond donors (Lipinski definition) is 1. The van der Waals surface area contributed by atoms with Gasteiger partial charge in [0.15, 0.2) is 6.10 Å². The number of aromatic nitrogens is 1. The number of aryl methyl sites for hydroxylation is 2. The van der Waals surface area contributed by atoms with Crippen molar-refractivity contribution in [2.75, 3.05) is 24.2 Å². The second-order valence-corrected chi connectivity index (χ2v) is 6.97. The number of rotatable bonds is 5. The molecule has 2 amide bonds. The molecule has 8 heteroatoms. The lowest BCUT2D eigenvalue weighted by Gasteiger charge is -2.34. The third-order valence-corrected chi connectivity index (χ3v) is 5.21. The highest BCUT2D eigenvalue weighted by Gasteiger charge is 2.33. The fourth-order valence-electron chi connectivity index (χ4n) is 2.79. The summed E-state index contributed by atoms with van der Waals surface area (Å²) in [7, 11) is 1.55. The largest absolute Gasteiger partial charge is 0.477 e. The first-order valence-electron chi connectivity index (χ1n) is 8.28. The van der Waals surface area contributed by atoms with Gasteiger partial charge >= 0.3 is 0 Å². The summed E-state index contributed by atoms with van der Waals surface area (Å²) in [5.74, 6) is 1.94. The van der Waals surface area contributed by atoms with Crippen molar-refractivity contribution in [1.82, 2.24) is 10.5 Å². The highest BCUT2D eigenvalue weighted by molar-refractivity contribution is 7.99. The molecule has 0 radical (unpaired) electrons. The highest BCUT2D eigenvalue weighted by atomic mass is 32.2. The normalized spacial score (nSPS) is 16.0. The number of hydrogen-bond acceptors (Lipinski definition) is 6. The van der Waals surface area contributed by atoms with Crippen LogP contribution < -0.4 is 15.0 Å². The Morgan fingerprint density at radius 1 is 1.35 bits per heavy atom. The monoisotopic (exact) mass is 375 g/mol. The molecule has 1 aromatic carbocycles. The summed E-state index contributed by atoms with van der Waals surface area (Å²) in [5.41, 5.74) is 2.56.